The zero-order valence-electron chi connectivity index (χ0n) is 8.27. The number of carbonyl (C=O) groups is 1. The number of hydrogen-bond acceptors (Lipinski definition) is 3. The van der Waals surface area contributed by atoms with Crippen LogP contribution in [0.25, 0.3) is 0 Å². The van der Waals surface area contributed by atoms with E-state index in [9.17, 15) is 4.79 Å². The van der Waals surface area contributed by atoms with Crippen molar-refractivity contribution in [1.29, 1.82) is 0 Å². The second kappa shape index (κ2) is 3.81. The van der Waals surface area contributed by atoms with Crippen LogP contribution in [0.1, 0.15) is 29.6 Å². The lowest BCUT2D eigenvalue weighted by Gasteiger charge is -2.26. The maximum absolute atomic E-state index is 10.8. The van der Waals surface area contributed by atoms with Crippen molar-refractivity contribution in [3.63, 3.8) is 0 Å². The Hall–Kier alpha value is -1.71. The van der Waals surface area contributed by atoms with E-state index in [0.717, 1.165) is 12.8 Å². The van der Waals surface area contributed by atoms with Crippen molar-refractivity contribution in [2.75, 3.05) is 5.73 Å². The molecule has 1 aliphatic carbocycles. The van der Waals surface area contributed by atoms with E-state index in [-0.39, 0.29) is 11.7 Å². The lowest BCUT2D eigenvalue weighted by Crippen LogP contribution is -2.24. The average Bonchev–Trinajstić information content (AvgIpc) is 2.10. The summed E-state index contributed by atoms with van der Waals surface area (Å²) in [6.07, 6.45) is 3.49. The smallest absolute Gasteiger partial charge is 0.335 e. The zero-order chi connectivity index (χ0) is 10.8. The Morgan fingerprint density at radius 1 is 1.40 bits per heavy atom. The van der Waals surface area contributed by atoms with Gasteiger partial charge in [0.05, 0.1) is 11.7 Å². The van der Waals surface area contributed by atoms with Crippen LogP contribution >= 0.6 is 0 Å². The molecule has 0 radical (unpaired) electrons. The molecule has 0 aromatic heterocycles. The van der Waals surface area contributed by atoms with Gasteiger partial charge in [-0.2, -0.15) is 0 Å². The van der Waals surface area contributed by atoms with Crippen molar-refractivity contribution in [1.82, 2.24) is 0 Å². The van der Waals surface area contributed by atoms with Crippen LogP contribution < -0.4 is 10.5 Å². The van der Waals surface area contributed by atoms with Gasteiger partial charge in [-0.25, -0.2) is 4.79 Å². The monoisotopic (exact) mass is 207 g/mol. The van der Waals surface area contributed by atoms with Crippen LogP contribution in [0.3, 0.4) is 0 Å². The van der Waals surface area contributed by atoms with Crippen LogP contribution in [-0.4, -0.2) is 17.2 Å². The molecule has 1 aromatic rings. The first-order valence-electron chi connectivity index (χ1n) is 4.95. The molecule has 0 spiro atoms. The van der Waals surface area contributed by atoms with Gasteiger partial charge >= 0.3 is 5.97 Å². The molecule has 0 atom stereocenters. The van der Waals surface area contributed by atoms with Crippen LogP contribution in [0.5, 0.6) is 5.75 Å². The van der Waals surface area contributed by atoms with Crippen molar-refractivity contribution in [3.05, 3.63) is 23.8 Å². The molecule has 1 aliphatic rings. The van der Waals surface area contributed by atoms with Crippen LogP contribution in [0.4, 0.5) is 5.69 Å². The summed E-state index contributed by atoms with van der Waals surface area (Å²) in [5.74, 6) is -0.433. The van der Waals surface area contributed by atoms with E-state index < -0.39 is 5.97 Å². The Morgan fingerprint density at radius 3 is 2.67 bits per heavy atom. The van der Waals surface area contributed by atoms with Gasteiger partial charge in [-0.3, -0.25) is 0 Å². The molecule has 0 amide bonds. The number of nitrogens with two attached hydrogens (primary N) is 1. The SMILES string of the molecule is Nc1cc(OC2CCC2)cc(C(=O)O)c1. The van der Waals surface area contributed by atoms with Gasteiger partial charge in [0.2, 0.25) is 0 Å². The van der Waals surface area contributed by atoms with Gasteiger partial charge in [0.1, 0.15) is 5.75 Å². The van der Waals surface area contributed by atoms with Gasteiger partial charge in [-0.1, -0.05) is 0 Å². The summed E-state index contributed by atoms with van der Waals surface area (Å²) < 4.78 is 5.58. The minimum absolute atomic E-state index is 0.171. The minimum Gasteiger partial charge on any atom is -0.490 e. The number of rotatable bonds is 3. The Morgan fingerprint density at radius 2 is 2.13 bits per heavy atom. The summed E-state index contributed by atoms with van der Waals surface area (Å²) >= 11 is 0. The first-order valence-corrected chi connectivity index (χ1v) is 4.95. The third kappa shape index (κ3) is 2.21. The molecule has 0 aliphatic heterocycles. The Balaban J connectivity index is 2.18. The second-order valence-electron chi connectivity index (χ2n) is 3.77. The summed E-state index contributed by atoms with van der Waals surface area (Å²) in [6, 6.07) is 4.59. The quantitative estimate of drug-likeness (QED) is 0.742. The minimum atomic E-state index is -0.985. The topological polar surface area (TPSA) is 72.5 Å². The molecule has 0 heterocycles. The number of carboxylic acid groups (broad SMARTS) is 1. The van der Waals surface area contributed by atoms with Gasteiger partial charge in [-0.05, 0) is 31.4 Å². The van der Waals surface area contributed by atoms with E-state index in [1.807, 2.05) is 0 Å². The standard InChI is InChI=1S/C11H13NO3/c12-8-4-7(11(13)14)5-10(6-8)15-9-2-1-3-9/h4-6,9H,1-3,12H2,(H,13,14). The number of ether oxygens (including phenoxy) is 1. The molecule has 1 saturated carbocycles. The number of anilines is 1. The molecule has 1 fully saturated rings. The summed E-state index contributed by atoms with van der Waals surface area (Å²) in [6.45, 7) is 0. The summed E-state index contributed by atoms with van der Waals surface area (Å²) in [5, 5.41) is 8.83. The second-order valence-corrected chi connectivity index (χ2v) is 3.77. The third-order valence-electron chi connectivity index (χ3n) is 2.53. The molecular weight excluding hydrogens is 194 g/mol. The summed E-state index contributed by atoms with van der Waals surface area (Å²) in [7, 11) is 0. The van der Waals surface area contributed by atoms with Crippen molar-refractivity contribution >= 4 is 11.7 Å². The predicted molar refractivity (Wildman–Crippen MR) is 56.1 cm³/mol. The highest BCUT2D eigenvalue weighted by molar-refractivity contribution is 5.89. The molecule has 4 heteroatoms. The van der Waals surface area contributed by atoms with Crippen LogP contribution in [-0.2, 0) is 0 Å². The predicted octanol–water partition coefficient (Wildman–Crippen LogP) is 1.90. The summed E-state index contributed by atoms with van der Waals surface area (Å²) in [4.78, 5) is 10.8. The van der Waals surface area contributed by atoms with E-state index in [1.165, 1.54) is 18.6 Å². The van der Waals surface area contributed by atoms with Gasteiger partial charge < -0.3 is 15.6 Å². The number of benzene rings is 1. The van der Waals surface area contributed by atoms with Crippen molar-refractivity contribution < 1.29 is 14.6 Å². The molecular formula is C11H13NO3. The number of aromatic carboxylic acids is 1. The fourth-order valence-electron chi connectivity index (χ4n) is 1.49. The lowest BCUT2D eigenvalue weighted by molar-refractivity contribution is 0.0695. The molecule has 4 nitrogen and oxygen atoms in total. The van der Waals surface area contributed by atoms with Crippen LogP contribution in [0.15, 0.2) is 18.2 Å². The maximum atomic E-state index is 10.8. The number of hydrogen-bond donors (Lipinski definition) is 2. The van der Waals surface area contributed by atoms with Gasteiger partial charge in [0.25, 0.3) is 0 Å². The van der Waals surface area contributed by atoms with Crippen molar-refractivity contribution in [3.8, 4) is 5.75 Å². The van der Waals surface area contributed by atoms with E-state index in [0.29, 0.717) is 11.4 Å². The molecule has 3 N–H and O–H groups in total. The highest BCUT2D eigenvalue weighted by Crippen LogP contribution is 2.27. The largest absolute Gasteiger partial charge is 0.490 e. The first-order chi connectivity index (χ1) is 7.15. The Labute approximate surface area is 87.7 Å². The fraction of sp³-hybridized carbons (Fsp3) is 0.364. The third-order valence-corrected chi connectivity index (χ3v) is 2.53. The van der Waals surface area contributed by atoms with Crippen LogP contribution in [0, 0.1) is 0 Å². The van der Waals surface area contributed by atoms with E-state index in [4.69, 9.17) is 15.6 Å². The molecule has 2 rings (SSSR count). The van der Waals surface area contributed by atoms with Crippen LogP contribution in [0.2, 0.25) is 0 Å². The average molecular weight is 207 g/mol. The molecule has 15 heavy (non-hydrogen) atoms. The fourth-order valence-corrected chi connectivity index (χ4v) is 1.49. The Kier molecular flexibility index (Phi) is 2.49. The molecule has 1 aromatic carbocycles. The zero-order valence-corrected chi connectivity index (χ0v) is 8.27. The van der Waals surface area contributed by atoms with Gasteiger partial charge in [-0.15, -0.1) is 0 Å². The summed E-state index contributed by atoms with van der Waals surface area (Å²) in [5.41, 5.74) is 6.18. The molecule has 80 valence electrons. The van der Waals surface area contributed by atoms with Crippen molar-refractivity contribution in [2.24, 2.45) is 0 Å². The van der Waals surface area contributed by atoms with Crippen molar-refractivity contribution in [2.45, 2.75) is 25.4 Å². The maximum Gasteiger partial charge on any atom is 0.335 e. The Bertz CT molecular complexity index is 385. The number of carboxylic acids is 1. The van der Waals surface area contributed by atoms with E-state index in [1.54, 1.807) is 6.07 Å². The lowest BCUT2D eigenvalue weighted by atomic mass is 9.96. The highest BCUT2D eigenvalue weighted by atomic mass is 16.5. The normalized spacial score (nSPS) is 15.7. The van der Waals surface area contributed by atoms with E-state index in [2.05, 4.69) is 0 Å². The number of nitrogen functional groups attached to an aromatic ring is 1. The molecule has 0 unspecified atom stereocenters. The first kappa shape index (κ1) is 9.83. The van der Waals surface area contributed by atoms with Gasteiger partial charge in [0, 0.05) is 11.8 Å². The highest BCUT2D eigenvalue weighted by Gasteiger charge is 2.19. The molecule has 0 bridgehead atoms. The van der Waals surface area contributed by atoms with Gasteiger partial charge in [0.15, 0.2) is 0 Å². The van der Waals surface area contributed by atoms with E-state index >= 15 is 0 Å². The molecule has 0 saturated heterocycles.